The first-order valence-corrected chi connectivity index (χ1v) is 10.3. The molecule has 0 aliphatic carbocycles. The summed E-state index contributed by atoms with van der Waals surface area (Å²) >= 11 is 0. The van der Waals surface area contributed by atoms with E-state index in [2.05, 4.69) is 15.3 Å². The number of anilines is 1. The first-order chi connectivity index (χ1) is 14.8. The van der Waals surface area contributed by atoms with E-state index in [-0.39, 0.29) is 11.9 Å². The van der Waals surface area contributed by atoms with E-state index in [1.54, 1.807) is 12.4 Å². The molecule has 7 heteroatoms. The van der Waals surface area contributed by atoms with Crippen LogP contribution in [0.5, 0.6) is 11.5 Å². The Labute approximate surface area is 175 Å². The molecular weight excluding hydrogens is 380 g/mol. The molecule has 1 aromatic heterocycles. The highest BCUT2D eigenvalue weighted by atomic mass is 16.6. The number of aromatic nitrogens is 2. The molecule has 7 nitrogen and oxygen atoms in total. The molecule has 154 valence electrons. The Bertz CT molecular complexity index is 1030. The molecule has 2 aromatic carbocycles. The van der Waals surface area contributed by atoms with Gasteiger partial charge < -0.3 is 24.7 Å². The largest absolute Gasteiger partial charge is 0.486 e. The van der Waals surface area contributed by atoms with E-state index in [4.69, 9.17) is 9.47 Å². The molecule has 0 radical (unpaired) electrons. The number of likely N-dealkylation sites (tertiary alicyclic amines) is 1. The molecule has 0 bridgehead atoms. The van der Waals surface area contributed by atoms with E-state index in [0.29, 0.717) is 31.1 Å². The quantitative estimate of drug-likeness (QED) is 0.695. The van der Waals surface area contributed by atoms with Crippen LogP contribution >= 0.6 is 0 Å². The summed E-state index contributed by atoms with van der Waals surface area (Å²) in [5.74, 6) is 2.29. The predicted octanol–water partition coefficient (Wildman–Crippen LogP) is 3.56. The molecule has 0 saturated carbocycles. The number of piperidine rings is 1. The average molecular weight is 404 g/mol. The second-order valence-electron chi connectivity index (χ2n) is 7.58. The third-order valence-electron chi connectivity index (χ3n) is 5.53. The summed E-state index contributed by atoms with van der Waals surface area (Å²) in [7, 11) is 0. The van der Waals surface area contributed by atoms with Gasteiger partial charge in [0.15, 0.2) is 11.5 Å². The van der Waals surface area contributed by atoms with E-state index in [0.717, 1.165) is 42.1 Å². The number of carbonyl (C=O) groups is 1. The first-order valence-electron chi connectivity index (χ1n) is 10.3. The number of benzene rings is 2. The Morgan fingerprint density at radius 2 is 2.00 bits per heavy atom. The van der Waals surface area contributed by atoms with E-state index in [9.17, 15) is 4.79 Å². The van der Waals surface area contributed by atoms with Gasteiger partial charge in [-0.05, 0) is 31.0 Å². The number of hydrogen-bond acceptors (Lipinski definition) is 5. The van der Waals surface area contributed by atoms with Gasteiger partial charge in [-0.1, -0.05) is 18.2 Å². The fourth-order valence-corrected chi connectivity index (χ4v) is 4.11. The van der Waals surface area contributed by atoms with Crippen LogP contribution in [0.2, 0.25) is 0 Å². The molecule has 30 heavy (non-hydrogen) atoms. The van der Waals surface area contributed by atoms with Gasteiger partial charge in [-0.15, -0.1) is 0 Å². The summed E-state index contributed by atoms with van der Waals surface area (Å²) in [4.78, 5) is 22.7. The van der Waals surface area contributed by atoms with Crippen LogP contribution in [0.15, 0.2) is 54.9 Å². The highest BCUT2D eigenvalue weighted by Gasteiger charge is 2.26. The van der Waals surface area contributed by atoms with Crippen LogP contribution in [0.1, 0.15) is 23.2 Å². The minimum atomic E-state index is 0.0377. The van der Waals surface area contributed by atoms with Crippen LogP contribution in [0.4, 0.5) is 5.69 Å². The highest BCUT2D eigenvalue weighted by Crippen LogP contribution is 2.33. The van der Waals surface area contributed by atoms with Gasteiger partial charge in [0.1, 0.15) is 19.0 Å². The van der Waals surface area contributed by atoms with Crippen molar-refractivity contribution < 1.29 is 14.3 Å². The van der Waals surface area contributed by atoms with Crippen LogP contribution < -0.4 is 14.8 Å². The van der Waals surface area contributed by atoms with Gasteiger partial charge >= 0.3 is 0 Å². The average Bonchev–Trinajstić information content (AvgIpc) is 3.34. The summed E-state index contributed by atoms with van der Waals surface area (Å²) < 4.78 is 11.3. The number of amides is 1. The topological polar surface area (TPSA) is 79.5 Å². The van der Waals surface area contributed by atoms with Crippen molar-refractivity contribution in [1.82, 2.24) is 14.9 Å². The fraction of sp³-hybridized carbons (Fsp3) is 0.304. The predicted molar refractivity (Wildman–Crippen MR) is 114 cm³/mol. The number of H-pyrrole nitrogens is 1. The number of fused-ring (bicyclic) bond motifs is 1. The van der Waals surface area contributed by atoms with Crippen LogP contribution in [0, 0.1) is 0 Å². The second-order valence-corrected chi connectivity index (χ2v) is 7.58. The van der Waals surface area contributed by atoms with E-state index in [1.807, 2.05) is 47.4 Å². The lowest BCUT2D eigenvalue weighted by Gasteiger charge is -2.34. The minimum absolute atomic E-state index is 0.0377. The molecular formula is C23H24N4O3. The zero-order valence-electron chi connectivity index (χ0n) is 16.6. The molecule has 1 saturated heterocycles. The Morgan fingerprint density at radius 3 is 2.87 bits per heavy atom. The van der Waals surface area contributed by atoms with Crippen molar-refractivity contribution in [2.75, 3.05) is 31.6 Å². The lowest BCUT2D eigenvalue weighted by molar-refractivity contribution is 0.0715. The number of ether oxygens (including phenoxy) is 2. The smallest absolute Gasteiger partial charge is 0.254 e. The molecule has 3 heterocycles. The minimum Gasteiger partial charge on any atom is -0.486 e. The van der Waals surface area contributed by atoms with Crippen molar-refractivity contribution in [3.8, 4) is 22.9 Å². The van der Waals surface area contributed by atoms with Crippen molar-refractivity contribution in [2.24, 2.45) is 0 Å². The number of carbonyl (C=O) groups excluding carboxylic acids is 1. The summed E-state index contributed by atoms with van der Waals surface area (Å²) in [6, 6.07) is 13.7. The molecule has 0 spiro atoms. The van der Waals surface area contributed by atoms with Gasteiger partial charge in [0.2, 0.25) is 0 Å². The SMILES string of the molecule is O=C(c1ccccc1-c1ncc[nH]1)N1CCC[C@@H](Nc2ccc3c(c2)OCCO3)C1. The van der Waals surface area contributed by atoms with Gasteiger partial charge in [-0.25, -0.2) is 4.98 Å². The third-order valence-corrected chi connectivity index (χ3v) is 5.53. The van der Waals surface area contributed by atoms with Crippen LogP contribution in [0.3, 0.4) is 0 Å². The molecule has 1 fully saturated rings. The van der Waals surface area contributed by atoms with Crippen molar-refractivity contribution in [3.63, 3.8) is 0 Å². The third kappa shape index (κ3) is 3.70. The van der Waals surface area contributed by atoms with Gasteiger partial charge in [-0.3, -0.25) is 4.79 Å². The first kappa shape index (κ1) is 18.5. The number of hydrogen-bond donors (Lipinski definition) is 2. The maximum atomic E-state index is 13.3. The van der Waals surface area contributed by atoms with Gasteiger partial charge in [0.05, 0.1) is 5.56 Å². The number of rotatable bonds is 4. The van der Waals surface area contributed by atoms with E-state index in [1.165, 1.54) is 0 Å². The second kappa shape index (κ2) is 8.10. The van der Waals surface area contributed by atoms with Crippen LogP contribution in [-0.4, -0.2) is 53.1 Å². The van der Waals surface area contributed by atoms with Gasteiger partial charge in [-0.2, -0.15) is 0 Å². The standard InChI is InChI=1S/C23H24N4O3/c28-23(19-6-2-1-5-18(19)22-24-9-10-25-22)27-11-3-4-17(15-27)26-16-7-8-20-21(14-16)30-13-12-29-20/h1-2,5-10,14,17,26H,3-4,11-13,15H2,(H,24,25)/t17-/m1/s1. The van der Waals surface area contributed by atoms with Gasteiger partial charge in [0.25, 0.3) is 5.91 Å². The highest BCUT2D eigenvalue weighted by molar-refractivity contribution is 6.00. The molecule has 1 amide bonds. The molecule has 0 unspecified atom stereocenters. The summed E-state index contributed by atoms with van der Waals surface area (Å²) in [6.07, 6.45) is 5.43. The number of nitrogens with zero attached hydrogens (tertiary/aromatic N) is 2. The number of imidazole rings is 1. The lowest BCUT2D eigenvalue weighted by atomic mass is 10.0. The number of nitrogens with one attached hydrogen (secondary N) is 2. The molecule has 2 aliphatic heterocycles. The van der Waals surface area contributed by atoms with Crippen molar-refractivity contribution in [3.05, 3.63) is 60.4 Å². The van der Waals surface area contributed by atoms with Crippen LogP contribution in [0.25, 0.3) is 11.4 Å². The fourth-order valence-electron chi connectivity index (χ4n) is 4.11. The van der Waals surface area contributed by atoms with E-state index >= 15 is 0 Å². The van der Waals surface area contributed by atoms with Crippen molar-refractivity contribution in [1.29, 1.82) is 0 Å². The zero-order chi connectivity index (χ0) is 20.3. The molecule has 1 atom stereocenters. The molecule has 2 aliphatic rings. The Hall–Kier alpha value is -3.48. The number of aromatic amines is 1. The molecule has 2 N–H and O–H groups in total. The monoisotopic (exact) mass is 404 g/mol. The summed E-state index contributed by atoms with van der Waals surface area (Å²) in [5, 5.41) is 3.56. The zero-order valence-corrected chi connectivity index (χ0v) is 16.6. The Kier molecular flexibility index (Phi) is 5.01. The Balaban J connectivity index is 1.31. The maximum absolute atomic E-state index is 13.3. The Morgan fingerprint density at radius 1 is 1.13 bits per heavy atom. The summed E-state index contributed by atoms with van der Waals surface area (Å²) in [6.45, 7) is 2.56. The summed E-state index contributed by atoms with van der Waals surface area (Å²) in [5.41, 5.74) is 2.48. The molecule has 5 rings (SSSR count). The van der Waals surface area contributed by atoms with Crippen LogP contribution in [-0.2, 0) is 0 Å². The van der Waals surface area contributed by atoms with E-state index < -0.39 is 0 Å². The maximum Gasteiger partial charge on any atom is 0.254 e. The van der Waals surface area contributed by atoms with Crippen molar-refractivity contribution >= 4 is 11.6 Å². The normalized spacial score (nSPS) is 18.1. The lowest BCUT2D eigenvalue weighted by Crippen LogP contribution is -2.45. The van der Waals surface area contributed by atoms with Gasteiger partial charge in [0, 0.05) is 48.8 Å². The molecule has 3 aromatic rings. The van der Waals surface area contributed by atoms with Crippen molar-refractivity contribution in [2.45, 2.75) is 18.9 Å².